The number of pyridine rings is 1. The Bertz CT molecular complexity index is 1020. The summed E-state index contributed by atoms with van der Waals surface area (Å²) in [4.78, 5) is 8.47. The van der Waals surface area contributed by atoms with E-state index in [1.807, 2.05) is 12.1 Å². The number of hydrazone groups is 1. The monoisotopic (exact) mass is 418 g/mol. The number of thiazole rings is 1. The lowest BCUT2D eigenvalue weighted by molar-refractivity contribution is 0.371. The van der Waals surface area contributed by atoms with Crippen LogP contribution in [0.25, 0.3) is 10.6 Å². The number of para-hydroxylation sites is 1. The van der Waals surface area contributed by atoms with E-state index < -0.39 is 0 Å². The number of nitrogens with zero attached hydrogens (tertiary/aromatic N) is 4. The molecule has 1 aromatic carbocycles. The number of ether oxygens (including phenoxy) is 1. The summed E-state index contributed by atoms with van der Waals surface area (Å²) in [5.74, 6) is 6.63. The molecule has 0 unspecified atom stereocenters. The predicted octanol–water partition coefficient (Wildman–Crippen LogP) is 2.62. The maximum absolute atomic E-state index is 6.05. The van der Waals surface area contributed by atoms with Crippen LogP contribution in [0.2, 0.25) is 4.34 Å². The van der Waals surface area contributed by atoms with Crippen molar-refractivity contribution in [2.24, 2.45) is 16.7 Å². The first-order valence-corrected chi connectivity index (χ1v) is 9.22. The average Bonchev–Trinajstić information content (AvgIpc) is 3.07. The molecule has 0 spiro atoms. The zero-order valence-corrected chi connectivity index (χ0v) is 16.8. The summed E-state index contributed by atoms with van der Waals surface area (Å²) in [5.41, 5.74) is 14.6. The van der Waals surface area contributed by atoms with Crippen molar-refractivity contribution in [3.05, 3.63) is 46.6 Å². The first-order valence-electron chi connectivity index (χ1n) is 8.03. The Morgan fingerprint density at radius 1 is 1.29 bits per heavy atom. The van der Waals surface area contributed by atoms with Crippen molar-refractivity contribution < 1.29 is 4.74 Å². The number of amidine groups is 1. The Kier molecular flexibility index (Phi) is 5.83. The standard InChI is InChI=1S/C17H19ClN8OS/c1-26(21)25-16(20)9-4-3-5-11(15(9)27-2)24-12-6-14(19)22-7-10(12)17-23-8-13(18)28-17/h3-8H,21H2,1-2H3,(H2,20,25)(H3,19,22,24). The summed E-state index contributed by atoms with van der Waals surface area (Å²) >= 11 is 7.37. The Morgan fingerprint density at radius 2 is 2.07 bits per heavy atom. The van der Waals surface area contributed by atoms with Crippen molar-refractivity contribution in [1.82, 2.24) is 15.1 Å². The lowest BCUT2D eigenvalue weighted by atomic mass is 10.1. The summed E-state index contributed by atoms with van der Waals surface area (Å²) < 4.78 is 6.14. The number of nitrogen functional groups attached to an aromatic ring is 1. The number of methoxy groups -OCH3 is 1. The number of hydrogen-bond acceptors (Lipinski definition) is 9. The number of nitrogens with two attached hydrogens (primary N) is 3. The third-order valence-electron chi connectivity index (χ3n) is 3.66. The topological polar surface area (TPSA) is 141 Å². The van der Waals surface area contributed by atoms with Crippen LogP contribution < -0.4 is 27.4 Å². The molecule has 28 heavy (non-hydrogen) atoms. The molecule has 2 aromatic heterocycles. The van der Waals surface area contributed by atoms with Crippen LogP contribution >= 0.6 is 22.9 Å². The van der Waals surface area contributed by atoms with Gasteiger partial charge in [0.05, 0.1) is 35.8 Å². The van der Waals surface area contributed by atoms with E-state index in [1.54, 1.807) is 38.7 Å². The molecule has 0 aliphatic carbocycles. The fraction of sp³-hybridized carbons (Fsp3) is 0.118. The van der Waals surface area contributed by atoms with Crippen LogP contribution in [0.4, 0.5) is 17.2 Å². The van der Waals surface area contributed by atoms with Gasteiger partial charge in [0.15, 0.2) is 11.6 Å². The van der Waals surface area contributed by atoms with Crippen molar-refractivity contribution >= 4 is 46.0 Å². The lowest BCUT2D eigenvalue weighted by Gasteiger charge is -2.17. The van der Waals surface area contributed by atoms with Gasteiger partial charge in [0, 0.05) is 19.3 Å². The number of hydrazine groups is 1. The number of benzene rings is 1. The van der Waals surface area contributed by atoms with Gasteiger partial charge in [-0.15, -0.1) is 16.4 Å². The van der Waals surface area contributed by atoms with Crippen molar-refractivity contribution in [1.29, 1.82) is 0 Å². The fourth-order valence-electron chi connectivity index (χ4n) is 2.55. The van der Waals surface area contributed by atoms with Crippen LogP contribution in [0, 0.1) is 0 Å². The van der Waals surface area contributed by atoms with Crippen LogP contribution in [-0.2, 0) is 0 Å². The normalized spacial score (nSPS) is 11.4. The van der Waals surface area contributed by atoms with Gasteiger partial charge in [0.25, 0.3) is 0 Å². The molecule has 3 aromatic rings. The number of rotatable bonds is 6. The smallest absolute Gasteiger partial charge is 0.156 e. The first-order chi connectivity index (χ1) is 13.4. The molecule has 0 atom stereocenters. The second kappa shape index (κ2) is 8.30. The highest BCUT2D eigenvalue weighted by molar-refractivity contribution is 7.18. The molecule has 0 aliphatic heterocycles. The molecule has 3 rings (SSSR count). The third kappa shape index (κ3) is 4.25. The van der Waals surface area contributed by atoms with Crippen LogP contribution in [0.1, 0.15) is 5.56 Å². The highest BCUT2D eigenvalue weighted by atomic mass is 35.5. The Labute approximate surface area is 170 Å². The summed E-state index contributed by atoms with van der Waals surface area (Å²) in [6.45, 7) is 0. The van der Waals surface area contributed by atoms with Crippen LogP contribution in [0.15, 0.2) is 41.8 Å². The summed E-state index contributed by atoms with van der Waals surface area (Å²) in [5, 5.41) is 9.18. The fourth-order valence-corrected chi connectivity index (χ4v) is 3.49. The second-order valence-electron chi connectivity index (χ2n) is 5.69. The number of halogens is 1. The predicted molar refractivity (Wildman–Crippen MR) is 114 cm³/mol. The zero-order chi connectivity index (χ0) is 20.3. The van der Waals surface area contributed by atoms with Crippen molar-refractivity contribution in [3.63, 3.8) is 0 Å². The molecule has 11 heteroatoms. The van der Waals surface area contributed by atoms with E-state index >= 15 is 0 Å². The summed E-state index contributed by atoms with van der Waals surface area (Å²) in [6, 6.07) is 7.16. The molecule has 0 fully saturated rings. The molecule has 0 aliphatic rings. The van der Waals surface area contributed by atoms with Crippen LogP contribution in [0.5, 0.6) is 5.75 Å². The van der Waals surface area contributed by atoms with Gasteiger partial charge in [-0.2, -0.15) is 0 Å². The van der Waals surface area contributed by atoms with Gasteiger partial charge in [-0.1, -0.05) is 17.7 Å². The second-order valence-corrected chi connectivity index (χ2v) is 7.36. The van der Waals surface area contributed by atoms with E-state index in [1.165, 1.54) is 11.3 Å². The number of aromatic nitrogens is 2. The van der Waals surface area contributed by atoms with Gasteiger partial charge in [-0.25, -0.2) is 20.9 Å². The van der Waals surface area contributed by atoms with Crippen molar-refractivity contribution in [2.45, 2.75) is 0 Å². The van der Waals surface area contributed by atoms with Gasteiger partial charge < -0.3 is 21.5 Å². The highest BCUT2D eigenvalue weighted by Crippen LogP contribution is 2.38. The Morgan fingerprint density at radius 3 is 2.71 bits per heavy atom. The molecule has 146 valence electrons. The molecular formula is C17H19ClN8OS. The minimum absolute atomic E-state index is 0.215. The van der Waals surface area contributed by atoms with E-state index in [0.29, 0.717) is 37.8 Å². The number of nitrogens with one attached hydrogen (secondary N) is 1. The summed E-state index contributed by atoms with van der Waals surface area (Å²) in [6.07, 6.45) is 3.23. The number of hydrogen-bond donors (Lipinski definition) is 4. The minimum atomic E-state index is 0.215. The van der Waals surface area contributed by atoms with Gasteiger partial charge in [0.1, 0.15) is 15.2 Å². The minimum Gasteiger partial charge on any atom is -0.494 e. The average molecular weight is 419 g/mol. The molecule has 0 saturated carbocycles. The van der Waals surface area contributed by atoms with E-state index in [4.69, 9.17) is 33.6 Å². The first kappa shape index (κ1) is 19.7. The Hall–Kier alpha value is -3.08. The largest absolute Gasteiger partial charge is 0.494 e. The molecule has 0 bridgehead atoms. The maximum Gasteiger partial charge on any atom is 0.156 e. The molecule has 7 N–H and O–H groups in total. The van der Waals surface area contributed by atoms with E-state index in [9.17, 15) is 0 Å². The van der Waals surface area contributed by atoms with E-state index in [2.05, 4.69) is 20.4 Å². The van der Waals surface area contributed by atoms with Gasteiger partial charge in [0.2, 0.25) is 0 Å². The number of anilines is 3. The van der Waals surface area contributed by atoms with Crippen LogP contribution in [-0.4, -0.2) is 35.1 Å². The molecule has 9 nitrogen and oxygen atoms in total. The third-order valence-corrected chi connectivity index (χ3v) is 4.81. The van der Waals surface area contributed by atoms with E-state index in [0.717, 1.165) is 10.7 Å². The lowest BCUT2D eigenvalue weighted by Crippen LogP contribution is -2.26. The van der Waals surface area contributed by atoms with Crippen molar-refractivity contribution in [3.8, 4) is 16.3 Å². The van der Waals surface area contributed by atoms with Gasteiger partial charge in [-0.3, -0.25) is 0 Å². The molecule has 0 saturated heterocycles. The summed E-state index contributed by atoms with van der Waals surface area (Å²) in [7, 11) is 3.12. The Balaban J connectivity index is 2.06. The molecule has 0 amide bonds. The molecule has 2 heterocycles. The van der Waals surface area contributed by atoms with Crippen molar-refractivity contribution in [2.75, 3.05) is 25.2 Å². The quantitative estimate of drug-likeness (QED) is 0.207. The SMILES string of the molecule is COc1c(Nc2cc(N)ncc2-c2ncc(Cl)s2)cccc1/C(N)=N/N(C)N. The highest BCUT2D eigenvalue weighted by Gasteiger charge is 2.16. The van der Waals surface area contributed by atoms with Crippen LogP contribution in [0.3, 0.4) is 0 Å². The van der Waals surface area contributed by atoms with E-state index in [-0.39, 0.29) is 5.84 Å². The van der Waals surface area contributed by atoms with Gasteiger partial charge >= 0.3 is 0 Å². The van der Waals surface area contributed by atoms with Gasteiger partial charge in [-0.05, 0) is 12.1 Å². The molecule has 0 radical (unpaired) electrons. The zero-order valence-electron chi connectivity index (χ0n) is 15.2. The maximum atomic E-state index is 6.05. The molecular weight excluding hydrogens is 400 g/mol.